The summed E-state index contributed by atoms with van der Waals surface area (Å²) < 4.78 is 0. The molecule has 0 aromatic heterocycles. The van der Waals surface area contributed by atoms with E-state index in [1.54, 1.807) is 0 Å². The quantitative estimate of drug-likeness (QED) is 0.740. The van der Waals surface area contributed by atoms with Gasteiger partial charge in [0, 0.05) is 6.04 Å². The van der Waals surface area contributed by atoms with Crippen LogP contribution < -0.4 is 5.73 Å². The summed E-state index contributed by atoms with van der Waals surface area (Å²) in [5, 5.41) is 9.69. The number of hydrogen-bond acceptors (Lipinski definition) is 2. The van der Waals surface area contributed by atoms with Gasteiger partial charge in [0.25, 0.3) is 0 Å². The van der Waals surface area contributed by atoms with Gasteiger partial charge < -0.3 is 10.8 Å². The van der Waals surface area contributed by atoms with Crippen LogP contribution in [0.4, 0.5) is 0 Å². The van der Waals surface area contributed by atoms with E-state index in [0.29, 0.717) is 0 Å². The van der Waals surface area contributed by atoms with Crippen LogP contribution in [0.15, 0.2) is 24.3 Å². The second-order valence-electron chi connectivity index (χ2n) is 3.40. The number of nitrogens with two attached hydrogens (primary N) is 1. The van der Waals surface area contributed by atoms with Crippen molar-refractivity contribution >= 4 is 0 Å². The molecule has 0 bridgehead atoms. The second-order valence-corrected chi connectivity index (χ2v) is 3.40. The number of benzene rings is 1. The summed E-state index contributed by atoms with van der Waals surface area (Å²) in [7, 11) is 0. The lowest BCUT2D eigenvalue weighted by molar-refractivity contribution is 0.153. The number of hydrogen-bond donors (Lipinski definition) is 2. The predicted molar refractivity (Wildman–Crippen MR) is 54.4 cm³/mol. The molecular weight excluding hydrogens is 162 g/mol. The van der Waals surface area contributed by atoms with Crippen molar-refractivity contribution in [3.05, 3.63) is 35.4 Å². The molecule has 0 radical (unpaired) electrons. The Balaban J connectivity index is 2.88. The lowest BCUT2D eigenvalue weighted by Crippen LogP contribution is -2.24. The predicted octanol–water partition coefficient (Wildman–Crippen LogP) is 1.63. The molecule has 0 aliphatic rings. The van der Waals surface area contributed by atoms with Crippen molar-refractivity contribution in [1.82, 2.24) is 0 Å². The van der Waals surface area contributed by atoms with Gasteiger partial charge in [-0.25, -0.2) is 0 Å². The van der Waals surface area contributed by atoms with Crippen LogP contribution >= 0.6 is 0 Å². The minimum atomic E-state index is -0.550. The third-order valence-electron chi connectivity index (χ3n) is 2.20. The third-order valence-corrected chi connectivity index (χ3v) is 2.20. The van der Waals surface area contributed by atoms with E-state index in [1.165, 1.54) is 5.56 Å². The largest absolute Gasteiger partial charge is 0.387 e. The topological polar surface area (TPSA) is 46.2 Å². The lowest BCUT2D eigenvalue weighted by Gasteiger charge is -2.15. The highest BCUT2D eigenvalue weighted by atomic mass is 16.3. The van der Waals surface area contributed by atoms with Gasteiger partial charge >= 0.3 is 0 Å². The fourth-order valence-corrected chi connectivity index (χ4v) is 1.30. The summed E-state index contributed by atoms with van der Waals surface area (Å²) in [4.78, 5) is 0. The molecule has 0 aliphatic heterocycles. The summed E-state index contributed by atoms with van der Waals surface area (Å²) >= 11 is 0. The fourth-order valence-electron chi connectivity index (χ4n) is 1.30. The van der Waals surface area contributed by atoms with Crippen molar-refractivity contribution in [2.24, 2.45) is 5.73 Å². The van der Waals surface area contributed by atoms with Gasteiger partial charge in [-0.3, -0.25) is 0 Å². The molecule has 0 amide bonds. The highest BCUT2D eigenvalue weighted by Crippen LogP contribution is 2.16. The van der Waals surface area contributed by atoms with Gasteiger partial charge in [0.15, 0.2) is 0 Å². The average Bonchev–Trinajstić information content (AvgIpc) is 2.16. The molecule has 0 heterocycles. The van der Waals surface area contributed by atoms with Crippen molar-refractivity contribution in [3.63, 3.8) is 0 Å². The highest BCUT2D eigenvalue weighted by Gasteiger charge is 2.11. The smallest absolute Gasteiger partial charge is 0.0938 e. The summed E-state index contributed by atoms with van der Waals surface area (Å²) in [6.45, 7) is 3.90. The summed E-state index contributed by atoms with van der Waals surface area (Å²) in [5.74, 6) is 0. The first-order valence-electron chi connectivity index (χ1n) is 4.67. The molecular formula is C11H17NO. The zero-order valence-electron chi connectivity index (χ0n) is 8.20. The molecule has 2 atom stereocenters. The molecule has 0 fully saturated rings. The Bertz CT molecular complexity index is 271. The zero-order chi connectivity index (χ0) is 9.84. The normalized spacial score (nSPS) is 15.4. The van der Waals surface area contributed by atoms with E-state index in [9.17, 15) is 5.11 Å². The van der Waals surface area contributed by atoms with Gasteiger partial charge in [0.05, 0.1) is 6.10 Å². The molecule has 0 aliphatic carbocycles. The molecule has 2 nitrogen and oxygen atoms in total. The molecule has 3 N–H and O–H groups in total. The maximum atomic E-state index is 9.69. The van der Waals surface area contributed by atoms with Gasteiger partial charge in [-0.1, -0.05) is 31.2 Å². The molecule has 0 unspecified atom stereocenters. The van der Waals surface area contributed by atoms with Gasteiger partial charge in [0.2, 0.25) is 0 Å². The Kier molecular flexibility index (Phi) is 3.46. The fraction of sp³-hybridized carbons (Fsp3) is 0.455. The Hall–Kier alpha value is -0.860. The van der Waals surface area contributed by atoms with E-state index in [4.69, 9.17) is 5.73 Å². The van der Waals surface area contributed by atoms with Crippen LogP contribution in [0, 0.1) is 0 Å². The first-order chi connectivity index (χ1) is 6.15. The molecule has 72 valence electrons. The highest BCUT2D eigenvalue weighted by molar-refractivity contribution is 5.25. The molecule has 1 aromatic rings. The van der Waals surface area contributed by atoms with E-state index in [1.807, 2.05) is 25.1 Å². The minimum Gasteiger partial charge on any atom is -0.387 e. The minimum absolute atomic E-state index is 0.216. The monoisotopic (exact) mass is 179 g/mol. The van der Waals surface area contributed by atoms with Crippen LogP contribution in [0.1, 0.15) is 31.1 Å². The standard InChI is InChI=1S/C11H17NO/c1-3-9-5-4-6-10(7-9)11(13)8(2)12/h4-8,11,13H,3,12H2,1-2H3/t8-,11-/m1/s1. The van der Waals surface area contributed by atoms with Crippen molar-refractivity contribution in [2.75, 3.05) is 0 Å². The molecule has 1 aromatic carbocycles. The third kappa shape index (κ3) is 2.54. The van der Waals surface area contributed by atoms with Crippen LogP contribution in [-0.2, 0) is 6.42 Å². The first-order valence-corrected chi connectivity index (χ1v) is 4.67. The SMILES string of the molecule is CCc1cccc([C@H](O)[C@@H](C)N)c1. The molecule has 13 heavy (non-hydrogen) atoms. The summed E-state index contributed by atoms with van der Waals surface area (Å²) in [6, 6.07) is 7.71. The zero-order valence-corrected chi connectivity index (χ0v) is 8.20. The Morgan fingerprint density at radius 2 is 2.15 bits per heavy atom. The Morgan fingerprint density at radius 1 is 1.46 bits per heavy atom. The van der Waals surface area contributed by atoms with Gasteiger partial charge in [-0.15, -0.1) is 0 Å². The van der Waals surface area contributed by atoms with Crippen molar-refractivity contribution in [2.45, 2.75) is 32.4 Å². The number of aryl methyl sites for hydroxylation is 1. The Morgan fingerprint density at radius 3 is 2.69 bits per heavy atom. The number of rotatable bonds is 3. The number of aliphatic hydroxyl groups is 1. The van der Waals surface area contributed by atoms with Crippen LogP contribution in [-0.4, -0.2) is 11.1 Å². The summed E-state index contributed by atoms with van der Waals surface area (Å²) in [5.41, 5.74) is 7.75. The lowest BCUT2D eigenvalue weighted by atomic mass is 10.0. The Labute approximate surface area is 79.4 Å². The first kappa shape index (κ1) is 10.2. The van der Waals surface area contributed by atoms with E-state index in [-0.39, 0.29) is 6.04 Å². The molecule has 1 rings (SSSR count). The molecule has 0 saturated heterocycles. The van der Waals surface area contributed by atoms with E-state index in [2.05, 4.69) is 13.0 Å². The van der Waals surface area contributed by atoms with Crippen LogP contribution in [0.2, 0.25) is 0 Å². The molecule has 2 heteroatoms. The maximum Gasteiger partial charge on any atom is 0.0938 e. The van der Waals surface area contributed by atoms with Crippen LogP contribution in [0.25, 0.3) is 0 Å². The summed E-state index contributed by atoms with van der Waals surface area (Å²) in [6.07, 6.45) is 0.436. The average molecular weight is 179 g/mol. The van der Waals surface area contributed by atoms with E-state index < -0.39 is 6.10 Å². The van der Waals surface area contributed by atoms with Crippen molar-refractivity contribution in [1.29, 1.82) is 0 Å². The number of aliphatic hydroxyl groups excluding tert-OH is 1. The van der Waals surface area contributed by atoms with Crippen molar-refractivity contribution < 1.29 is 5.11 Å². The van der Waals surface area contributed by atoms with Gasteiger partial charge in [-0.05, 0) is 24.5 Å². The van der Waals surface area contributed by atoms with E-state index >= 15 is 0 Å². The van der Waals surface area contributed by atoms with Gasteiger partial charge in [-0.2, -0.15) is 0 Å². The van der Waals surface area contributed by atoms with Crippen LogP contribution in [0.3, 0.4) is 0 Å². The van der Waals surface area contributed by atoms with E-state index in [0.717, 1.165) is 12.0 Å². The van der Waals surface area contributed by atoms with Gasteiger partial charge in [0.1, 0.15) is 0 Å². The van der Waals surface area contributed by atoms with Crippen LogP contribution in [0.5, 0.6) is 0 Å². The second kappa shape index (κ2) is 4.40. The van der Waals surface area contributed by atoms with Crippen molar-refractivity contribution in [3.8, 4) is 0 Å². The molecule has 0 spiro atoms. The maximum absolute atomic E-state index is 9.69. The molecule has 0 saturated carbocycles.